The first-order valence-electron chi connectivity index (χ1n) is 13.5. The lowest BCUT2D eigenvalue weighted by Gasteiger charge is -2.41. The molecular formula is C37H32N2S. The highest BCUT2D eigenvalue weighted by atomic mass is 32.3. The van der Waals surface area contributed by atoms with Crippen molar-refractivity contribution in [1.82, 2.24) is 4.98 Å². The maximum atomic E-state index is 4.48. The van der Waals surface area contributed by atoms with Gasteiger partial charge in [0.15, 0.2) is 0 Å². The second kappa shape index (κ2) is 12.9. The molecule has 1 atom stereocenters. The highest BCUT2D eigenvalue weighted by Crippen LogP contribution is 2.73. The summed E-state index contributed by atoms with van der Waals surface area (Å²) >= 11 is 0. The summed E-state index contributed by atoms with van der Waals surface area (Å²) in [6.07, 6.45) is 26.7. The van der Waals surface area contributed by atoms with Gasteiger partial charge in [-0.1, -0.05) is 66.8 Å². The van der Waals surface area contributed by atoms with Crippen LogP contribution in [0.2, 0.25) is 0 Å². The summed E-state index contributed by atoms with van der Waals surface area (Å²) in [6.45, 7) is 4.87. The minimum Gasteiger partial charge on any atom is -0.293 e. The van der Waals surface area contributed by atoms with Gasteiger partial charge in [-0.05, 0) is 91.3 Å². The van der Waals surface area contributed by atoms with Crippen molar-refractivity contribution in [2.24, 2.45) is 4.99 Å². The quantitative estimate of drug-likeness (QED) is 0.208. The van der Waals surface area contributed by atoms with Gasteiger partial charge in [0.2, 0.25) is 0 Å². The first kappa shape index (κ1) is 26.9. The van der Waals surface area contributed by atoms with Crippen molar-refractivity contribution in [2.75, 3.05) is 6.54 Å². The van der Waals surface area contributed by atoms with Crippen LogP contribution in [-0.4, -0.2) is 17.7 Å². The van der Waals surface area contributed by atoms with Crippen molar-refractivity contribution >= 4 is 27.4 Å². The molecule has 0 saturated carbocycles. The van der Waals surface area contributed by atoms with Gasteiger partial charge in [0.05, 0.1) is 0 Å². The summed E-state index contributed by atoms with van der Waals surface area (Å²) in [6, 6.07) is 23.8. The minimum absolute atomic E-state index is 0.763. The third kappa shape index (κ3) is 5.54. The van der Waals surface area contributed by atoms with E-state index in [2.05, 4.69) is 138 Å². The van der Waals surface area contributed by atoms with Gasteiger partial charge in [-0.2, -0.15) is 0 Å². The van der Waals surface area contributed by atoms with Crippen LogP contribution in [0.15, 0.2) is 176 Å². The Morgan fingerprint density at radius 2 is 1.60 bits per heavy atom. The molecule has 40 heavy (non-hydrogen) atoms. The fourth-order valence-electron chi connectivity index (χ4n) is 4.77. The summed E-state index contributed by atoms with van der Waals surface area (Å²) in [4.78, 5) is 13.5. The van der Waals surface area contributed by atoms with Gasteiger partial charge in [0, 0.05) is 50.3 Å². The average molecular weight is 537 g/mol. The molecule has 0 amide bonds. The topological polar surface area (TPSA) is 25.2 Å². The molecule has 5 rings (SSSR count). The number of benzene rings is 2. The number of nitrogens with zero attached hydrogens (tertiary/aromatic N) is 2. The molecule has 196 valence electrons. The number of rotatable bonds is 8. The van der Waals surface area contributed by atoms with Crippen LogP contribution in [0.4, 0.5) is 0 Å². The van der Waals surface area contributed by atoms with Gasteiger partial charge in [-0.15, -0.1) is 21.5 Å². The van der Waals surface area contributed by atoms with Gasteiger partial charge in [0.1, 0.15) is 0 Å². The van der Waals surface area contributed by atoms with Crippen molar-refractivity contribution < 1.29 is 0 Å². The van der Waals surface area contributed by atoms with Crippen molar-refractivity contribution in [1.29, 1.82) is 0 Å². The Labute approximate surface area is 239 Å². The fourth-order valence-corrected chi connectivity index (χ4v) is 8.45. The summed E-state index contributed by atoms with van der Waals surface area (Å²) in [7, 11) is -1.94. The van der Waals surface area contributed by atoms with Crippen LogP contribution in [0.1, 0.15) is 25.0 Å². The molecule has 0 radical (unpaired) electrons. The van der Waals surface area contributed by atoms with Gasteiger partial charge in [-0.3, -0.25) is 9.98 Å². The monoisotopic (exact) mass is 536 g/mol. The molecule has 0 spiro atoms. The van der Waals surface area contributed by atoms with Crippen LogP contribution in [-0.2, 0) is 0 Å². The van der Waals surface area contributed by atoms with E-state index in [1.54, 1.807) is 6.20 Å². The molecule has 2 aliphatic rings. The summed E-state index contributed by atoms with van der Waals surface area (Å²) in [5.74, 6) is 0. The van der Waals surface area contributed by atoms with E-state index in [1.807, 2.05) is 36.7 Å². The van der Waals surface area contributed by atoms with E-state index >= 15 is 0 Å². The van der Waals surface area contributed by atoms with Gasteiger partial charge < -0.3 is 0 Å². The third-order valence-electron chi connectivity index (χ3n) is 6.71. The van der Waals surface area contributed by atoms with Crippen LogP contribution < -0.4 is 0 Å². The van der Waals surface area contributed by atoms with E-state index in [9.17, 15) is 0 Å². The van der Waals surface area contributed by atoms with E-state index < -0.39 is 10.0 Å². The lowest BCUT2D eigenvalue weighted by Crippen LogP contribution is -2.06. The summed E-state index contributed by atoms with van der Waals surface area (Å²) in [5.41, 5.74) is 11.8. The van der Waals surface area contributed by atoms with Crippen molar-refractivity contribution in [3.05, 3.63) is 172 Å². The second-order valence-corrected chi connectivity index (χ2v) is 12.2. The average Bonchev–Trinajstić information content (AvgIpc) is 3.44. The maximum Gasteiger partial charge on any atom is 0.0450 e. The molecule has 3 heteroatoms. The minimum atomic E-state index is -1.94. The van der Waals surface area contributed by atoms with Crippen molar-refractivity contribution in [3.63, 3.8) is 0 Å². The molecule has 2 nitrogen and oxygen atoms in total. The molecule has 2 aliphatic carbocycles. The Balaban J connectivity index is 1.73. The number of hydrogen-bond donors (Lipinski definition) is 0. The lowest BCUT2D eigenvalue weighted by atomic mass is 10.1. The SMILES string of the molecule is C/C=C(\C=NCC)c1ccc(S(C2=C=CC=CC=C2)(C2=C=CC=C(c3cccnc3)C=C2)c2ccccc2)cc1. The number of aromatic nitrogens is 1. The molecule has 1 heterocycles. The Morgan fingerprint density at radius 1 is 0.825 bits per heavy atom. The molecule has 3 aromatic rings. The zero-order valence-corrected chi connectivity index (χ0v) is 23.7. The van der Waals surface area contributed by atoms with E-state index in [0.29, 0.717) is 0 Å². The smallest absolute Gasteiger partial charge is 0.0450 e. The first-order valence-corrected chi connectivity index (χ1v) is 15.1. The van der Waals surface area contributed by atoms with E-state index in [-0.39, 0.29) is 0 Å². The number of hydrogen-bond acceptors (Lipinski definition) is 2. The highest BCUT2D eigenvalue weighted by molar-refractivity contribution is 8.40. The molecule has 1 aromatic heterocycles. The van der Waals surface area contributed by atoms with Gasteiger partial charge in [-0.25, -0.2) is 0 Å². The number of allylic oxidation sites excluding steroid dienone is 10. The lowest BCUT2D eigenvalue weighted by molar-refractivity contribution is 1.14. The Morgan fingerprint density at radius 3 is 2.35 bits per heavy atom. The Kier molecular flexibility index (Phi) is 8.71. The largest absolute Gasteiger partial charge is 0.293 e. The van der Waals surface area contributed by atoms with E-state index in [1.165, 1.54) is 9.79 Å². The van der Waals surface area contributed by atoms with Crippen LogP contribution in [0.25, 0.3) is 11.1 Å². The predicted octanol–water partition coefficient (Wildman–Crippen LogP) is 9.66. The van der Waals surface area contributed by atoms with Gasteiger partial charge in [0.25, 0.3) is 0 Å². The predicted molar refractivity (Wildman–Crippen MR) is 173 cm³/mol. The van der Waals surface area contributed by atoms with Crippen LogP contribution in [0, 0.1) is 0 Å². The zero-order chi connectivity index (χ0) is 27.6. The fraction of sp³-hybridized carbons (Fsp3) is 0.0811. The highest BCUT2D eigenvalue weighted by Gasteiger charge is 2.35. The van der Waals surface area contributed by atoms with Crippen LogP contribution in [0.3, 0.4) is 0 Å². The van der Waals surface area contributed by atoms with E-state index in [4.69, 9.17) is 0 Å². The van der Waals surface area contributed by atoms with Crippen molar-refractivity contribution in [2.45, 2.75) is 23.6 Å². The molecule has 0 N–H and O–H groups in total. The molecular weight excluding hydrogens is 504 g/mol. The number of pyridine rings is 1. The Bertz CT molecular complexity index is 1670. The van der Waals surface area contributed by atoms with Gasteiger partial charge >= 0.3 is 0 Å². The van der Waals surface area contributed by atoms with Crippen LogP contribution in [0.5, 0.6) is 0 Å². The normalized spacial score (nSPS) is 17.1. The third-order valence-corrected chi connectivity index (χ3v) is 10.5. The summed E-state index contributed by atoms with van der Waals surface area (Å²) in [5, 5.41) is 0. The van der Waals surface area contributed by atoms with E-state index in [0.717, 1.165) is 38.6 Å². The van der Waals surface area contributed by atoms with Crippen LogP contribution >= 0.6 is 10.0 Å². The molecule has 1 unspecified atom stereocenters. The molecule has 0 saturated heterocycles. The zero-order valence-electron chi connectivity index (χ0n) is 22.9. The summed E-state index contributed by atoms with van der Waals surface area (Å²) < 4.78 is 0. The molecule has 0 bridgehead atoms. The second-order valence-electron chi connectivity index (χ2n) is 9.11. The molecule has 0 aliphatic heterocycles. The number of aliphatic imine (C=N–C) groups is 1. The maximum absolute atomic E-state index is 4.48. The Hall–Kier alpha value is -4.65. The van der Waals surface area contributed by atoms with Crippen molar-refractivity contribution in [3.8, 4) is 0 Å². The standard InChI is InChI=1S/C37H32N2S/c1-3-30(28-38-4-2)32-22-25-37(26-23-32)40(35-18-10-7-11-19-35,34-16-8-5-6-9-17-34)36-20-12-14-31(21-24-36)33-15-13-27-39-29-33/h3,5-16,18-19,21-29H,4H2,1-2H3/b30-3+,38-28?. The molecule has 0 fully saturated rings. The molecule has 2 aromatic carbocycles. The first-order chi connectivity index (χ1) is 19.8.